The highest BCUT2D eigenvalue weighted by Gasteiger charge is 1.94. The molecule has 2 heteroatoms. The number of hydrogen-bond acceptors (Lipinski definition) is 2. The molecule has 71 valence electrons. The molecule has 0 saturated carbocycles. The quantitative estimate of drug-likeness (QED) is 0.768. The van der Waals surface area contributed by atoms with Crippen LogP contribution in [-0.4, -0.2) is 18.3 Å². The van der Waals surface area contributed by atoms with Gasteiger partial charge in [0.25, 0.3) is 0 Å². The van der Waals surface area contributed by atoms with Crippen LogP contribution >= 0.6 is 0 Å². The molecule has 2 rings (SSSR count). The molecule has 2 N–H and O–H groups in total. The first-order chi connectivity index (χ1) is 6.90. The Morgan fingerprint density at radius 1 is 1.21 bits per heavy atom. The van der Waals surface area contributed by atoms with Crippen molar-refractivity contribution >= 4 is 16.5 Å². The van der Waals surface area contributed by atoms with Crippen LogP contribution in [0.4, 0.5) is 5.69 Å². The van der Waals surface area contributed by atoms with Gasteiger partial charge in [-0.2, -0.15) is 0 Å². The summed E-state index contributed by atoms with van der Waals surface area (Å²) in [6, 6.07) is 15.1. The summed E-state index contributed by atoms with van der Waals surface area (Å²) in [5.74, 6) is 0. The van der Waals surface area contributed by atoms with Crippen molar-refractivity contribution in [2.75, 3.05) is 18.5 Å². The van der Waals surface area contributed by atoms with Crippen molar-refractivity contribution < 1.29 is 5.11 Å². The molecule has 0 aliphatic heterocycles. The van der Waals surface area contributed by atoms with Gasteiger partial charge in [0, 0.05) is 12.2 Å². The number of rotatable bonds is 3. The Hall–Kier alpha value is -1.54. The highest BCUT2D eigenvalue weighted by atomic mass is 16.3. The third-order valence-corrected chi connectivity index (χ3v) is 2.13. The van der Waals surface area contributed by atoms with Gasteiger partial charge in [0.1, 0.15) is 0 Å². The molecule has 0 fully saturated rings. The van der Waals surface area contributed by atoms with Gasteiger partial charge in [-0.25, -0.2) is 0 Å². The second-order valence-corrected chi connectivity index (χ2v) is 3.14. The van der Waals surface area contributed by atoms with Gasteiger partial charge < -0.3 is 10.4 Å². The average Bonchev–Trinajstić information content (AvgIpc) is 2.26. The number of aliphatic hydroxyl groups excluding tert-OH is 1. The smallest absolute Gasteiger partial charge is 0.0604 e. The summed E-state index contributed by atoms with van der Waals surface area (Å²) >= 11 is 0. The third-order valence-electron chi connectivity index (χ3n) is 2.13. The van der Waals surface area contributed by atoms with E-state index in [1.54, 1.807) is 0 Å². The molecular formula is C12H12NO. The molecule has 0 bridgehead atoms. The number of fused-ring (bicyclic) bond motifs is 1. The first-order valence-electron chi connectivity index (χ1n) is 4.65. The van der Waals surface area contributed by atoms with Crippen LogP contribution in [-0.2, 0) is 0 Å². The summed E-state index contributed by atoms with van der Waals surface area (Å²) < 4.78 is 0. The van der Waals surface area contributed by atoms with Gasteiger partial charge in [-0.3, -0.25) is 0 Å². The van der Waals surface area contributed by atoms with Crippen LogP contribution in [0.15, 0.2) is 36.4 Å². The van der Waals surface area contributed by atoms with Crippen molar-refractivity contribution in [1.29, 1.82) is 0 Å². The highest BCUT2D eigenvalue weighted by Crippen LogP contribution is 2.18. The van der Waals surface area contributed by atoms with Crippen LogP contribution in [0.2, 0.25) is 0 Å². The molecule has 0 aliphatic carbocycles. The maximum atomic E-state index is 8.67. The monoisotopic (exact) mass is 186 g/mol. The van der Waals surface area contributed by atoms with E-state index in [0.717, 1.165) is 11.1 Å². The summed E-state index contributed by atoms with van der Waals surface area (Å²) in [4.78, 5) is 0. The SMILES string of the molecule is OCCNc1ccc2cc[c]cc2c1. The fraction of sp³-hybridized carbons (Fsp3) is 0.167. The summed E-state index contributed by atoms with van der Waals surface area (Å²) in [5, 5.41) is 14.2. The van der Waals surface area contributed by atoms with E-state index in [1.807, 2.05) is 24.3 Å². The molecule has 0 aromatic heterocycles. The minimum absolute atomic E-state index is 0.152. The fourth-order valence-corrected chi connectivity index (χ4v) is 1.44. The van der Waals surface area contributed by atoms with E-state index >= 15 is 0 Å². The van der Waals surface area contributed by atoms with Crippen molar-refractivity contribution in [3.8, 4) is 0 Å². The minimum Gasteiger partial charge on any atom is -0.395 e. The van der Waals surface area contributed by atoms with Crippen LogP contribution in [0.5, 0.6) is 0 Å². The van der Waals surface area contributed by atoms with Crippen molar-refractivity contribution in [1.82, 2.24) is 0 Å². The van der Waals surface area contributed by atoms with E-state index in [0.29, 0.717) is 6.54 Å². The van der Waals surface area contributed by atoms with E-state index in [1.165, 1.54) is 5.39 Å². The van der Waals surface area contributed by atoms with Crippen LogP contribution in [0, 0.1) is 6.07 Å². The van der Waals surface area contributed by atoms with Crippen LogP contribution in [0.3, 0.4) is 0 Å². The van der Waals surface area contributed by atoms with Crippen molar-refractivity contribution in [3.63, 3.8) is 0 Å². The molecule has 0 amide bonds. The van der Waals surface area contributed by atoms with Gasteiger partial charge in [0.05, 0.1) is 6.61 Å². The van der Waals surface area contributed by atoms with Crippen molar-refractivity contribution in [2.24, 2.45) is 0 Å². The maximum Gasteiger partial charge on any atom is 0.0604 e. The Bertz CT molecular complexity index is 425. The third kappa shape index (κ3) is 1.86. The Balaban J connectivity index is 2.32. The standard InChI is InChI=1S/C12H12NO/c14-8-7-13-12-6-5-10-3-1-2-4-11(10)9-12/h1,3-6,9,13-14H,7-8H2. The Morgan fingerprint density at radius 2 is 2.14 bits per heavy atom. The van der Waals surface area contributed by atoms with Crippen LogP contribution in [0.1, 0.15) is 0 Å². The lowest BCUT2D eigenvalue weighted by molar-refractivity contribution is 0.311. The molecule has 2 aromatic carbocycles. The van der Waals surface area contributed by atoms with Gasteiger partial charge >= 0.3 is 0 Å². The summed E-state index contributed by atoms with van der Waals surface area (Å²) in [6.07, 6.45) is 0. The second-order valence-electron chi connectivity index (χ2n) is 3.14. The zero-order valence-electron chi connectivity index (χ0n) is 7.83. The Morgan fingerprint density at radius 3 is 3.00 bits per heavy atom. The first kappa shape index (κ1) is 9.03. The lowest BCUT2D eigenvalue weighted by atomic mass is 10.1. The predicted octanol–water partition coefficient (Wildman–Crippen LogP) is 2.04. The number of benzene rings is 2. The van der Waals surface area contributed by atoms with Gasteiger partial charge in [0.15, 0.2) is 0 Å². The molecule has 0 saturated heterocycles. The summed E-state index contributed by atoms with van der Waals surface area (Å²) in [5.41, 5.74) is 1.03. The molecule has 0 heterocycles. The summed E-state index contributed by atoms with van der Waals surface area (Å²) in [6.45, 7) is 0.737. The lowest BCUT2D eigenvalue weighted by Crippen LogP contribution is -2.04. The Labute approximate surface area is 83.2 Å². The summed E-state index contributed by atoms with van der Waals surface area (Å²) in [7, 11) is 0. The normalized spacial score (nSPS) is 10.4. The maximum absolute atomic E-state index is 8.67. The predicted molar refractivity (Wildman–Crippen MR) is 58.4 cm³/mol. The number of anilines is 1. The van der Waals surface area contributed by atoms with Crippen LogP contribution < -0.4 is 5.32 Å². The average molecular weight is 186 g/mol. The largest absolute Gasteiger partial charge is 0.395 e. The van der Waals surface area contributed by atoms with Gasteiger partial charge in [-0.15, -0.1) is 0 Å². The molecule has 0 aliphatic rings. The molecule has 0 atom stereocenters. The highest BCUT2D eigenvalue weighted by molar-refractivity contribution is 5.85. The minimum atomic E-state index is 0.152. The molecule has 0 unspecified atom stereocenters. The molecule has 2 aromatic rings. The van der Waals surface area contributed by atoms with E-state index in [-0.39, 0.29) is 6.61 Å². The van der Waals surface area contributed by atoms with E-state index in [9.17, 15) is 0 Å². The Kier molecular flexibility index (Phi) is 2.65. The molecule has 1 radical (unpaired) electrons. The van der Waals surface area contributed by atoms with Gasteiger partial charge in [0.2, 0.25) is 0 Å². The topological polar surface area (TPSA) is 32.3 Å². The van der Waals surface area contributed by atoms with Gasteiger partial charge in [-0.05, 0) is 35.0 Å². The van der Waals surface area contributed by atoms with Crippen molar-refractivity contribution in [3.05, 3.63) is 42.5 Å². The van der Waals surface area contributed by atoms with Gasteiger partial charge in [-0.1, -0.05) is 18.2 Å². The number of nitrogens with one attached hydrogen (secondary N) is 1. The molecule has 0 spiro atoms. The number of aliphatic hydroxyl groups is 1. The zero-order chi connectivity index (χ0) is 9.80. The lowest BCUT2D eigenvalue weighted by Gasteiger charge is -2.05. The molecular weight excluding hydrogens is 174 g/mol. The first-order valence-corrected chi connectivity index (χ1v) is 4.65. The molecule has 2 nitrogen and oxygen atoms in total. The van der Waals surface area contributed by atoms with E-state index in [4.69, 9.17) is 5.11 Å². The van der Waals surface area contributed by atoms with E-state index in [2.05, 4.69) is 23.5 Å². The molecule has 14 heavy (non-hydrogen) atoms. The number of hydrogen-bond donors (Lipinski definition) is 2. The van der Waals surface area contributed by atoms with Crippen LogP contribution in [0.25, 0.3) is 10.8 Å². The zero-order valence-corrected chi connectivity index (χ0v) is 7.83. The van der Waals surface area contributed by atoms with E-state index < -0.39 is 0 Å². The second kappa shape index (κ2) is 4.11. The van der Waals surface area contributed by atoms with Crippen molar-refractivity contribution in [2.45, 2.75) is 0 Å². The fourth-order valence-electron chi connectivity index (χ4n) is 1.44.